The van der Waals surface area contributed by atoms with Gasteiger partial charge in [0.05, 0.1) is 36.1 Å². The lowest BCUT2D eigenvalue weighted by Gasteiger charge is -2.40. The summed E-state index contributed by atoms with van der Waals surface area (Å²) in [5.41, 5.74) is 0.353. The molecule has 4 heterocycles. The van der Waals surface area contributed by atoms with Crippen molar-refractivity contribution in [2.24, 2.45) is 0 Å². The Labute approximate surface area is 176 Å². The molecule has 0 aliphatic carbocycles. The van der Waals surface area contributed by atoms with Crippen molar-refractivity contribution in [3.05, 3.63) is 41.9 Å². The second-order valence-corrected chi connectivity index (χ2v) is 7.46. The Morgan fingerprint density at radius 1 is 1.26 bits per heavy atom. The summed E-state index contributed by atoms with van der Waals surface area (Å²) in [6.45, 7) is 3.24. The standard InChI is InChI=1S/C20H20F3N5O3/c1-12-11-27(4-5-28(12)17-3-2-13(8-26-17)20(21,22)23)18(29)10-24-14-6-16-15(25-9-14)7-19(30)31-16/h2-3,6,8-9,12,24H,4-5,7,10-11H2,1H3/t12-/m1/s1. The molecular weight excluding hydrogens is 415 g/mol. The third-order valence-electron chi connectivity index (χ3n) is 5.26. The first kappa shape index (κ1) is 20.9. The maximum Gasteiger partial charge on any atom is 0.417 e. The number of nitrogens with one attached hydrogen (secondary N) is 1. The summed E-state index contributed by atoms with van der Waals surface area (Å²) < 4.78 is 43.2. The molecule has 1 atom stereocenters. The molecule has 0 radical (unpaired) electrons. The van der Waals surface area contributed by atoms with Crippen molar-refractivity contribution in [1.29, 1.82) is 0 Å². The fourth-order valence-electron chi connectivity index (χ4n) is 3.62. The van der Waals surface area contributed by atoms with Gasteiger partial charge < -0.3 is 19.9 Å². The smallest absolute Gasteiger partial charge is 0.417 e. The molecule has 0 aromatic carbocycles. The van der Waals surface area contributed by atoms with Gasteiger partial charge >= 0.3 is 12.1 Å². The van der Waals surface area contributed by atoms with Gasteiger partial charge in [-0.15, -0.1) is 0 Å². The minimum atomic E-state index is -4.43. The van der Waals surface area contributed by atoms with E-state index in [9.17, 15) is 22.8 Å². The van der Waals surface area contributed by atoms with E-state index in [1.54, 1.807) is 17.2 Å². The molecule has 1 amide bonds. The van der Waals surface area contributed by atoms with E-state index in [0.29, 0.717) is 42.6 Å². The summed E-state index contributed by atoms with van der Waals surface area (Å²) in [6, 6.07) is 3.89. The molecule has 1 saturated heterocycles. The van der Waals surface area contributed by atoms with Crippen LogP contribution in [0.5, 0.6) is 5.75 Å². The summed E-state index contributed by atoms with van der Waals surface area (Å²) in [7, 11) is 0. The molecule has 0 bridgehead atoms. The van der Waals surface area contributed by atoms with Gasteiger partial charge in [0.1, 0.15) is 5.82 Å². The van der Waals surface area contributed by atoms with Crippen LogP contribution in [-0.4, -0.2) is 59.0 Å². The Morgan fingerprint density at radius 3 is 2.74 bits per heavy atom. The van der Waals surface area contributed by atoms with Crippen LogP contribution in [0.25, 0.3) is 0 Å². The molecule has 1 fully saturated rings. The SMILES string of the molecule is C[C@@H]1CN(C(=O)CNc2cnc3c(c2)OC(=O)C3)CCN1c1ccc(C(F)(F)F)cn1. The number of anilines is 2. The number of pyridine rings is 2. The normalized spacial score (nSPS) is 18.6. The Kier molecular flexibility index (Phi) is 5.42. The van der Waals surface area contributed by atoms with Gasteiger partial charge in [0.2, 0.25) is 5.91 Å². The highest BCUT2D eigenvalue weighted by molar-refractivity contribution is 5.82. The number of amides is 1. The summed E-state index contributed by atoms with van der Waals surface area (Å²) >= 11 is 0. The van der Waals surface area contributed by atoms with Crippen molar-refractivity contribution in [3.8, 4) is 5.75 Å². The molecular formula is C20H20F3N5O3. The van der Waals surface area contributed by atoms with Crippen molar-refractivity contribution >= 4 is 23.4 Å². The summed E-state index contributed by atoms with van der Waals surface area (Å²) in [5.74, 6) is 0.368. The van der Waals surface area contributed by atoms with E-state index in [1.807, 2.05) is 11.8 Å². The van der Waals surface area contributed by atoms with Gasteiger partial charge in [0, 0.05) is 37.9 Å². The number of rotatable bonds is 4. The number of hydrogen-bond donors (Lipinski definition) is 1. The van der Waals surface area contributed by atoms with Crippen molar-refractivity contribution in [2.45, 2.75) is 25.6 Å². The van der Waals surface area contributed by atoms with E-state index < -0.39 is 11.7 Å². The van der Waals surface area contributed by atoms with E-state index >= 15 is 0 Å². The van der Waals surface area contributed by atoms with Gasteiger partial charge in [-0.1, -0.05) is 0 Å². The lowest BCUT2D eigenvalue weighted by Crippen LogP contribution is -2.55. The first-order valence-corrected chi connectivity index (χ1v) is 9.72. The Bertz CT molecular complexity index is 997. The van der Waals surface area contributed by atoms with Crippen LogP contribution in [0, 0.1) is 0 Å². The van der Waals surface area contributed by atoms with Crippen LogP contribution in [0.4, 0.5) is 24.7 Å². The largest absolute Gasteiger partial charge is 0.424 e. The number of aromatic nitrogens is 2. The molecule has 2 aromatic heterocycles. The maximum absolute atomic E-state index is 12.7. The van der Waals surface area contributed by atoms with Gasteiger partial charge in [0.15, 0.2) is 5.75 Å². The number of fused-ring (bicyclic) bond motifs is 1. The average Bonchev–Trinajstić information content (AvgIpc) is 3.10. The molecule has 2 aliphatic rings. The van der Waals surface area contributed by atoms with Gasteiger partial charge in [-0.25, -0.2) is 4.98 Å². The zero-order valence-corrected chi connectivity index (χ0v) is 16.6. The van der Waals surface area contributed by atoms with E-state index in [1.165, 1.54) is 6.07 Å². The quantitative estimate of drug-likeness (QED) is 0.736. The highest BCUT2D eigenvalue weighted by Crippen LogP contribution is 2.30. The van der Waals surface area contributed by atoms with Gasteiger partial charge in [-0.3, -0.25) is 14.6 Å². The van der Waals surface area contributed by atoms with Gasteiger partial charge in [-0.05, 0) is 19.1 Å². The average molecular weight is 435 g/mol. The zero-order valence-electron chi connectivity index (χ0n) is 16.6. The van der Waals surface area contributed by atoms with Gasteiger partial charge in [-0.2, -0.15) is 13.2 Å². The fourth-order valence-corrected chi connectivity index (χ4v) is 3.62. The van der Waals surface area contributed by atoms with Crippen LogP contribution >= 0.6 is 0 Å². The van der Waals surface area contributed by atoms with Crippen molar-refractivity contribution in [2.75, 3.05) is 36.4 Å². The predicted molar refractivity (Wildman–Crippen MR) is 105 cm³/mol. The summed E-state index contributed by atoms with van der Waals surface area (Å²) in [6.07, 6.45) is -1.91. The number of hydrogen-bond acceptors (Lipinski definition) is 7. The van der Waals surface area contributed by atoms with Crippen LogP contribution in [0.15, 0.2) is 30.6 Å². The minimum absolute atomic E-state index is 0.0413. The van der Waals surface area contributed by atoms with E-state index in [4.69, 9.17) is 4.74 Å². The fraction of sp³-hybridized carbons (Fsp3) is 0.400. The number of esters is 1. The third kappa shape index (κ3) is 4.54. The molecule has 0 spiro atoms. The number of halogens is 3. The van der Waals surface area contributed by atoms with Crippen molar-refractivity contribution < 1.29 is 27.5 Å². The number of alkyl halides is 3. The van der Waals surface area contributed by atoms with Crippen LogP contribution in [0.3, 0.4) is 0 Å². The van der Waals surface area contributed by atoms with Crippen LogP contribution in [0.1, 0.15) is 18.2 Å². The molecule has 11 heteroatoms. The van der Waals surface area contributed by atoms with Crippen LogP contribution in [-0.2, 0) is 22.2 Å². The van der Waals surface area contributed by atoms with Gasteiger partial charge in [0.25, 0.3) is 0 Å². The number of nitrogens with zero attached hydrogens (tertiary/aromatic N) is 4. The molecule has 164 valence electrons. The van der Waals surface area contributed by atoms with E-state index in [-0.39, 0.29) is 30.9 Å². The van der Waals surface area contributed by atoms with E-state index in [0.717, 1.165) is 12.3 Å². The highest BCUT2D eigenvalue weighted by atomic mass is 19.4. The number of carbonyl (C=O) groups is 2. The molecule has 31 heavy (non-hydrogen) atoms. The Hall–Kier alpha value is -3.37. The van der Waals surface area contributed by atoms with Crippen molar-refractivity contribution in [3.63, 3.8) is 0 Å². The molecule has 4 rings (SSSR count). The number of piperazine rings is 1. The highest BCUT2D eigenvalue weighted by Gasteiger charge is 2.32. The molecule has 1 N–H and O–H groups in total. The Balaban J connectivity index is 1.32. The topological polar surface area (TPSA) is 87.7 Å². The summed E-state index contributed by atoms with van der Waals surface area (Å²) in [4.78, 5) is 35.6. The molecule has 8 nitrogen and oxygen atoms in total. The second kappa shape index (κ2) is 8.05. The molecule has 0 saturated carbocycles. The lowest BCUT2D eigenvalue weighted by atomic mass is 10.1. The first-order chi connectivity index (χ1) is 14.7. The van der Waals surface area contributed by atoms with Crippen LogP contribution < -0.4 is 15.0 Å². The lowest BCUT2D eigenvalue weighted by molar-refractivity contribution is -0.138. The number of carbonyl (C=O) groups excluding carboxylic acids is 2. The van der Waals surface area contributed by atoms with Crippen molar-refractivity contribution in [1.82, 2.24) is 14.9 Å². The second-order valence-electron chi connectivity index (χ2n) is 7.46. The van der Waals surface area contributed by atoms with Crippen LogP contribution in [0.2, 0.25) is 0 Å². The monoisotopic (exact) mass is 435 g/mol. The number of ether oxygens (including phenoxy) is 1. The zero-order chi connectivity index (χ0) is 22.2. The molecule has 0 unspecified atom stereocenters. The summed E-state index contributed by atoms with van der Waals surface area (Å²) in [5, 5.41) is 2.99. The predicted octanol–water partition coefficient (Wildman–Crippen LogP) is 2.11. The minimum Gasteiger partial charge on any atom is -0.424 e. The first-order valence-electron chi connectivity index (χ1n) is 9.72. The Morgan fingerprint density at radius 2 is 2.06 bits per heavy atom. The maximum atomic E-state index is 12.7. The van der Waals surface area contributed by atoms with E-state index in [2.05, 4.69) is 15.3 Å². The molecule has 2 aliphatic heterocycles. The third-order valence-corrected chi connectivity index (χ3v) is 5.26. The molecule has 2 aromatic rings.